The Bertz CT molecular complexity index is 1150. The van der Waals surface area contributed by atoms with Crippen LogP contribution in [0.1, 0.15) is 18.5 Å². The summed E-state index contributed by atoms with van der Waals surface area (Å²) in [6, 6.07) is 17.8. The summed E-state index contributed by atoms with van der Waals surface area (Å²) in [7, 11) is -2.26. The van der Waals surface area contributed by atoms with E-state index >= 15 is 0 Å². The van der Waals surface area contributed by atoms with Crippen LogP contribution in [0.5, 0.6) is 11.5 Å². The van der Waals surface area contributed by atoms with Gasteiger partial charge in [0.05, 0.1) is 18.0 Å². The smallest absolute Gasteiger partial charge is 0.261 e. The fourth-order valence-electron chi connectivity index (χ4n) is 2.85. The van der Waals surface area contributed by atoms with Crippen molar-refractivity contribution in [2.24, 2.45) is 0 Å². The quantitative estimate of drug-likeness (QED) is 0.507. The molecular formula is C23H23FN2O5S. The van der Waals surface area contributed by atoms with Crippen LogP contribution < -0.4 is 19.5 Å². The molecule has 3 aromatic carbocycles. The van der Waals surface area contributed by atoms with E-state index in [2.05, 4.69) is 10.0 Å². The highest BCUT2D eigenvalue weighted by molar-refractivity contribution is 7.92. The first-order chi connectivity index (χ1) is 15.3. The lowest BCUT2D eigenvalue weighted by atomic mass is 10.1. The van der Waals surface area contributed by atoms with Crippen LogP contribution in [-0.2, 0) is 14.8 Å². The summed E-state index contributed by atoms with van der Waals surface area (Å²) < 4.78 is 50.8. The van der Waals surface area contributed by atoms with Crippen molar-refractivity contribution in [1.82, 2.24) is 5.32 Å². The number of benzene rings is 3. The summed E-state index contributed by atoms with van der Waals surface area (Å²) in [5.74, 6) is 0.298. The van der Waals surface area contributed by atoms with Crippen LogP contribution in [-0.4, -0.2) is 28.0 Å². The van der Waals surface area contributed by atoms with Gasteiger partial charge in [0, 0.05) is 5.69 Å². The molecule has 0 radical (unpaired) electrons. The Hall–Kier alpha value is -3.59. The van der Waals surface area contributed by atoms with Crippen LogP contribution in [0.4, 0.5) is 10.1 Å². The van der Waals surface area contributed by atoms with Crippen molar-refractivity contribution in [2.75, 3.05) is 18.4 Å². The lowest BCUT2D eigenvalue weighted by molar-refractivity contribution is -0.123. The van der Waals surface area contributed by atoms with Crippen molar-refractivity contribution in [3.63, 3.8) is 0 Å². The van der Waals surface area contributed by atoms with Crippen LogP contribution in [0.3, 0.4) is 0 Å². The standard InChI is InChI=1S/C23H23FN2O5S/c1-16(17-3-9-20(30-2)10-4-17)25-23(27)15-31-21-11-13-22(14-12-21)32(28,29)26-19-7-5-18(24)6-8-19/h3-14,16,26H,15H2,1-2H3,(H,25,27)/t16-/m1/s1. The topological polar surface area (TPSA) is 93.7 Å². The second-order valence-electron chi connectivity index (χ2n) is 6.93. The van der Waals surface area contributed by atoms with E-state index in [4.69, 9.17) is 9.47 Å². The van der Waals surface area contributed by atoms with Gasteiger partial charge in [-0.2, -0.15) is 0 Å². The van der Waals surface area contributed by atoms with E-state index in [0.717, 1.165) is 23.4 Å². The number of anilines is 1. The minimum absolute atomic E-state index is 0.00625. The predicted octanol–water partition coefficient (Wildman–Crippen LogP) is 3.89. The molecule has 0 aromatic heterocycles. The van der Waals surface area contributed by atoms with Gasteiger partial charge in [0.1, 0.15) is 17.3 Å². The molecule has 2 N–H and O–H groups in total. The molecule has 0 saturated carbocycles. The molecule has 1 amide bonds. The molecule has 0 spiro atoms. The summed E-state index contributed by atoms with van der Waals surface area (Å²) in [5, 5.41) is 2.83. The molecule has 0 unspecified atom stereocenters. The number of nitrogens with one attached hydrogen (secondary N) is 2. The van der Waals surface area contributed by atoms with Crippen molar-refractivity contribution in [2.45, 2.75) is 17.9 Å². The second kappa shape index (κ2) is 10.1. The molecular weight excluding hydrogens is 435 g/mol. The van der Waals surface area contributed by atoms with Gasteiger partial charge in [-0.15, -0.1) is 0 Å². The summed E-state index contributed by atoms with van der Waals surface area (Å²) in [5.41, 5.74) is 1.16. The number of amides is 1. The van der Waals surface area contributed by atoms with Crippen LogP contribution in [0, 0.1) is 5.82 Å². The van der Waals surface area contributed by atoms with Gasteiger partial charge in [0.2, 0.25) is 0 Å². The highest BCUT2D eigenvalue weighted by atomic mass is 32.2. The number of sulfonamides is 1. The molecule has 7 nitrogen and oxygen atoms in total. The molecule has 0 fully saturated rings. The summed E-state index contributed by atoms with van der Waals surface area (Å²) in [6.07, 6.45) is 0. The number of methoxy groups -OCH3 is 1. The zero-order valence-electron chi connectivity index (χ0n) is 17.5. The first-order valence-corrected chi connectivity index (χ1v) is 11.2. The molecule has 1 atom stereocenters. The lowest BCUT2D eigenvalue weighted by Gasteiger charge is -2.15. The third-order valence-electron chi connectivity index (χ3n) is 4.59. The fraction of sp³-hybridized carbons (Fsp3) is 0.174. The van der Waals surface area contributed by atoms with E-state index in [0.29, 0.717) is 5.75 Å². The van der Waals surface area contributed by atoms with E-state index in [1.807, 2.05) is 31.2 Å². The molecule has 168 valence electrons. The van der Waals surface area contributed by atoms with Crippen molar-refractivity contribution >= 4 is 21.6 Å². The zero-order chi connectivity index (χ0) is 23.1. The highest BCUT2D eigenvalue weighted by Crippen LogP contribution is 2.20. The number of ether oxygens (including phenoxy) is 2. The van der Waals surface area contributed by atoms with E-state index in [-0.39, 0.29) is 29.1 Å². The Morgan fingerprint density at radius 2 is 1.53 bits per heavy atom. The minimum atomic E-state index is -3.84. The van der Waals surface area contributed by atoms with Crippen LogP contribution >= 0.6 is 0 Å². The predicted molar refractivity (Wildman–Crippen MR) is 119 cm³/mol. The maximum Gasteiger partial charge on any atom is 0.261 e. The molecule has 0 saturated heterocycles. The Kier molecular flexibility index (Phi) is 7.32. The van der Waals surface area contributed by atoms with E-state index in [9.17, 15) is 17.6 Å². The highest BCUT2D eigenvalue weighted by Gasteiger charge is 2.15. The van der Waals surface area contributed by atoms with Crippen molar-refractivity contribution < 1.29 is 27.1 Å². The van der Waals surface area contributed by atoms with Gasteiger partial charge in [-0.05, 0) is 73.2 Å². The fourth-order valence-corrected chi connectivity index (χ4v) is 3.91. The van der Waals surface area contributed by atoms with E-state index < -0.39 is 15.8 Å². The number of rotatable bonds is 9. The largest absolute Gasteiger partial charge is 0.497 e. The van der Waals surface area contributed by atoms with Gasteiger partial charge in [-0.25, -0.2) is 12.8 Å². The average Bonchev–Trinajstić information content (AvgIpc) is 2.79. The normalized spacial score (nSPS) is 12.0. The van der Waals surface area contributed by atoms with Gasteiger partial charge in [0.15, 0.2) is 6.61 Å². The van der Waals surface area contributed by atoms with E-state index in [1.165, 1.54) is 36.4 Å². The Morgan fingerprint density at radius 1 is 0.938 bits per heavy atom. The number of carbonyl (C=O) groups excluding carboxylic acids is 1. The van der Waals surface area contributed by atoms with Gasteiger partial charge in [0.25, 0.3) is 15.9 Å². The van der Waals surface area contributed by atoms with Crippen LogP contribution in [0.15, 0.2) is 77.7 Å². The molecule has 0 heterocycles. The first kappa shape index (κ1) is 23.1. The third-order valence-corrected chi connectivity index (χ3v) is 5.99. The molecule has 0 aliphatic carbocycles. The maximum absolute atomic E-state index is 13.0. The molecule has 0 aliphatic heterocycles. The zero-order valence-corrected chi connectivity index (χ0v) is 18.4. The van der Waals surface area contributed by atoms with Crippen molar-refractivity contribution in [3.8, 4) is 11.5 Å². The maximum atomic E-state index is 13.0. The molecule has 9 heteroatoms. The van der Waals surface area contributed by atoms with Gasteiger partial charge < -0.3 is 14.8 Å². The second-order valence-corrected chi connectivity index (χ2v) is 8.62. The molecule has 0 aliphatic rings. The number of halogens is 1. The third kappa shape index (κ3) is 6.21. The van der Waals surface area contributed by atoms with Gasteiger partial charge in [-0.3, -0.25) is 9.52 Å². The Balaban J connectivity index is 1.53. The molecule has 3 rings (SSSR count). The molecule has 32 heavy (non-hydrogen) atoms. The van der Waals surface area contributed by atoms with Crippen LogP contribution in [0.2, 0.25) is 0 Å². The lowest BCUT2D eigenvalue weighted by Crippen LogP contribution is -2.31. The monoisotopic (exact) mass is 458 g/mol. The minimum Gasteiger partial charge on any atom is -0.497 e. The van der Waals surface area contributed by atoms with Crippen molar-refractivity contribution in [3.05, 3.63) is 84.2 Å². The Morgan fingerprint density at radius 3 is 2.12 bits per heavy atom. The molecule has 3 aromatic rings. The molecule has 0 bridgehead atoms. The first-order valence-electron chi connectivity index (χ1n) is 9.71. The summed E-state index contributed by atoms with van der Waals surface area (Å²) in [4.78, 5) is 12.2. The summed E-state index contributed by atoms with van der Waals surface area (Å²) in [6.45, 7) is 1.63. The van der Waals surface area contributed by atoms with Crippen molar-refractivity contribution in [1.29, 1.82) is 0 Å². The number of hydrogen-bond donors (Lipinski definition) is 2. The van der Waals surface area contributed by atoms with Gasteiger partial charge in [-0.1, -0.05) is 12.1 Å². The average molecular weight is 459 g/mol. The summed E-state index contributed by atoms with van der Waals surface area (Å²) >= 11 is 0. The van der Waals surface area contributed by atoms with Crippen LogP contribution in [0.25, 0.3) is 0 Å². The Labute approximate surface area is 186 Å². The number of hydrogen-bond acceptors (Lipinski definition) is 5. The number of carbonyl (C=O) groups is 1. The van der Waals surface area contributed by atoms with Gasteiger partial charge >= 0.3 is 0 Å². The SMILES string of the molecule is COc1ccc([C@@H](C)NC(=O)COc2ccc(S(=O)(=O)Nc3ccc(F)cc3)cc2)cc1. The van der Waals surface area contributed by atoms with E-state index in [1.54, 1.807) is 7.11 Å².